The molecule has 1 aromatic heterocycles. The first-order valence-electron chi connectivity index (χ1n) is 9.13. The molecule has 7 nitrogen and oxygen atoms in total. The van der Waals surface area contributed by atoms with E-state index in [-0.39, 0.29) is 30.1 Å². The van der Waals surface area contributed by atoms with Gasteiger partial charge in [-0.15, -0.1) is 0 Å². The Bertz CT molecular complexity index is 1160. The van der Waals surface area contributed by atoms with Crippen molar-refractivity contribution in [2.45, 2.75) is 20.8 Å². The van der Waals surface area contributed by atoms with Crippen molar-refractivity contribution >= 4 is 38.8 Å². The number of halogens is 1. The lowest BCUT2D eigenvalue weighted by atomic mass is 10.1. The fourth-order valence-electron chi connectivity index (χ4n) is 2.92. The molecule has 0 N–H and O–H groups in total. The molecule has 1 heterocycles. The molecule has 0 unspecified atom stereocenters. The van der Waals surface area contributed by atoms with E-state index in [2.05, 4.69) is 15.9 Å². The summed E-state index contributed by atoms with van der Waals surface area (Å²) in [5, 5.41) is 0.495. The minimum absolute atomic E-state index is 0.145. The van der Waals surface area contributed by atoms with Crippen LogP contribution in [-0.2, 0) is 9.53 Å². The predicted octanol–water partition coefficient (Wildman–Crippen LogP) is 4.33. The number of carbonyl (C=O) groups excluding carboxylic acids is 2. The summed E-state index contributed by atoms with van der Waals surface area (Å²) in [6, 6.07) is 9.68. The van der Waals surface area contributed by atoms with Crippen LogP contribution in [0.25, 0.3) is 11.0 Å². The van der Waals surface area contributed by atoms with Gasteiger partial charge in [0.05, 0.1) is 6.61 Å². The molecule has 3 rings (SSSR count). The molecule has 0 radical (unpaired) electrons. The summed E-state index contributed by atoms with van der Waals surface area (Å²) in [6.45, 7) is 5.27. The van der Waals surface area contributed by atoms with E-state index in [1.807, 2.05) is 26.0 Å². The number of carbonyl (C=O) groups is 2. The summed E-state index contributed by atoms with van der Waals surface area (Å²) in [7, 11) is 0. The molecular weight excluding hydrogens is 456 g/mol. The van der Waals surface area contributed by atoms with Crippen molar-refractivity contribution in [3.05, 3.63) is 68.0 Å². The Hall–Kier alpha value is -3.13. The Balaban J connectivity index is 1.73. The maximum absolute atomic E-state index is 12.2. The van der Waals surface area contributed by atoms with Crippen LogP contribution in [-0.4, -0.2) is 25.2 Å². The molecule has 0 fully saturated rings. The average Bonchev–Trinajstić information content (AvgIpc) is 2.66. The molecule has 0 saturated heterocycles. The van der Waals surface area contributed by atoms with Crippen LogP contribution in [0.15, 0.2) is 50.1 Å². The standard InChI is InChI=1S/C22H19BrO7/c1-4-27-21(25)17-9-14-5-6-16(10-18(14)30-22(17)26)29-19(24)11-28-20-12(2)7-15(23)8-13(20)3/h5-10H,4,11H2,1-3H3. The van der Waals surface area contributed by atoms with Gasteiger partial charge in [-0.2, -0.15) is 0 Å². The molecule has 0 atom stereocenters. The lowest BCUT2D eigenvalue weighted by Crippen LogP contribution is -2.18. The maximum atomic E-state index is 12.2. The highest BCUT2D eigenvalue weighted by Crippen LogP contribution is 2.27. The third-order valence-electron chi connectivity index (χ3n) is 4.19. The van der Waals surface area contributed by atoms with Crippen LogP contribution in [0, 0.1) is 13.8 Å². The van der Waals surface area contributed by atoms with Gasteiger partial charge in [0.15, 0.2) is 6.61 Å². The van der Waals surface area contributed by atoms with Gasteiger partial charge in [-0.25, -0.2) is 14.4 Å². The first kappa shape index (κ1) is 21.6. The first-order chi connectivity index (χ1) is 14.3. The minimum atomic E-state index is -0.825. The van der Waals surface area contributed by atoms with E-state index in [0.29, 0.717) is 11.1 Å². The molecule has 0 aliphatic rings. The van der Waals surface area contributed by atoms with Gasteiger partial charge >= 0.3 is 17.6 Å². The zero-order chi connectivity index (χ0) is 21.8. The molecule has 0 saturated carbocycles. The number of aryl methyl sites for hydroxylation is 2. The number of fused-ring (bicyclic) bond motifs is 1. The molecule has 3 aromatic rings. The molecule has 0 aliphatic carbocycles. The Kier molecular flexibility index (Phi) is 6.56. The van der Waals surface area contributed by atoms with Crippen LogP contribution in [0.1, 0.15) is 28.4 Å². The second-order valence-electron chi connectivity index (χ2n) is 6.50. The zero-order valence-electron chi connectivity index (χ0n) is 16.6. The van der Waals surface area contributed by atoms with Gasteiger partial charge in [-0.3, -0.25) is 0 Å². The van der Waals surface area contributed by atoms with Crippen LogP contribution in [0.5, 0.6) is 11.5 Å². The molecular formula is C22H19BrO7. The van der Waals surface area contributed by atoms with E-state index in [1.165, 1.54) is 18.2 Å². The molecule has 0 spiro atoms. The van der Waals surface area contributed by atoms with E-state index in [4.69, 9.17) is 18.6 Å². The monoisotopic (exact) mass is 474 g/mol. The maximum Gasteiger partial charge on any atom is 0.351 e. The van der Waals surface area contributed by atoms with E-state index >= 15 is 0 Å². The Labute approximate surface area is 180 Å². The molecule has 0 bridgehead atoms. The summed E-state index contributed by atoms with van der Waals surface area (Å²) in [5.74, 6) is -0.556. The number of ether oxygens (including phenoxy) is 3. The lowest BCUT2D eigenvalue weighted by molar-refractivity contribution is -0.136. The van der Waals surface area contributed by atoms with Crippen molar-refractivity contribution < 1.29 is 28.2 Å². The normalized spacial score (nSPS) is 10.7. The summed E-state index contributed by atoms with van der Waals surface area (Å²) in [5.41, 5.74) is 0.940. The van der Waals surface area contributed by atoms with Crippen molar-refractivity contribution in [3.63, 3.8) is 0 Å². The Morgan fingerprint density at radius 1 is 1.07 bits per heavy atom. The summed E-state index contributed by atoms with van der Waals surface area (Å²) in [4.78, 5) is 36.0. The predicted molar refractivity (Wildman–Crippen MR) is 113 cm³/mol. The fraction of sp³-hybridized carbons (Fsp3) is 0.227. The number of hydrogen-bond donors (Lipinski definition) is 0. The van der Waals surface area contributed by atoms with E-state index < -0.39 is 17.6 Å². The van der Waals surface area contributed by atoms with Gasteiger partial charge in [-0.1, -0.05) is 15.9 Å². The number of esters is 2. The van der Waals surface area contributed by atoms with Crippen molar-refractivity contribution in [1.82, 2.24) is 0 Å². The Morgan fingerprint density at radius 3 is 2.43 bits per heavy atom. The number of benzene rings is 2. The third kappa shape index (κ3) is 4.88. The van der Waals surface area contributed by atoms with Crippen LogP contribution < -0.4 is 15.1 Å². The quantitative estimate of drug-likeness (QED) is 0.298. The van der Waals surface area contributed by atoms with Gasteiger partial charge in [0, 0.05) is 15.9 Å². The summed E-state index contributed by atoms with van der Waals surface area (Å²) >= 11 is 3.41. The highest BCUT2D eigenvalue weighted by molar-refractivity contribution is 9.10. The molecule has 2 aromatic carbocycles. The van der Waals surface area contributed by atoms with Gasteiger partial charge in [0.1, 0.15) is 22.6 Å². The van der Waals surface area contributed by atoms with Crippen LogP contribution in [0.4, 0.5) is 0 Å². The van der Waals surface area contributed by atoms with Gasteiger partial charge in [-0.05, 0) is 62.2 Å². The van der Waals surface area contributed by atoms with Crippen LogP contribution in [0.2, 0.25) is 0 Å². The lowest BCUT2D eigenvalue weighted by Gasteiger charge is -2.12. The highest BCUT2D eigenvalue weighted by atomic mass is 79.9. The summed E-state index contributed by atoms with van der Waals surface area (Å²) < 4.78 is 21.8. The first-order valence-corrected chi connectivity index (χ1v) is 9.93. The van der Waals surface area contributed by atoms with Crippen molar-refractivity contribution in [3.8, 4) is 11.5 Å². The van der Waals surface area contributed by atoms with Gasteiger partial charge in [0.2, 0.25) is 0 Å². The second kappa shape index (κ2) is 9.13. The average molecular weight is 475 g/mol. The fourth-order valence-corrected chi connectivity index (χ4v) is 3.61. The Morgan fingerprint density at radius 2 is 1.77 bits per heavy atom. The second-order valence-corrected chi connectivity index (χ2v) is 7.41. The SMILES string of the molecule is CCOC(=O)c1cc2ccc(OC(=O)COc3c(C)cc(Br)cc3C)cc2oc1=O. The topological polar surface area (TPSA) is 92.0 Å². The number of hydrogen-bond acceptors (Lipinski definition) is 7. The molecule has 156 valence electrons. The molecule has 0 amide bonds. The van der Waals surface area contributed by atoms with Gasteiger partial charge < -0.3 is 18.6 Å². The van der Waals surface area contributed by atoms with E-state index in [0.717, 1.165) is 15.6 Å². The van der Waals surface area contributed by atoms with E-state index in [9.17, 15) is 14.4 Å². The highest BCUT2D eigenvalue weighted by Gasteiger charge is 2.16. The largest absolute Gasteiger partial charge is 0.481 e. The smallest absolute Gasteiger partial charge is 0.351 e. The van der Waals surface area contributed by atoms with Crippen LogP contribution in [0.3, 0.4) is 0 Å². The van der Waals surface area contributed by atoms with Crippen molar-refractivity contribution in [2.75, 3.05) is 13.2 Å². The van der Waals surface area contributed by atoms with E-state index in [1.54, 1.807) is 13.0 Å². The summed E-state index contributed by atoms with van der Waals surface area (Å²) in [6.07, 6.45) is 0. The van der Waals surface area contributed by atoms with Gasteiger partial charge in [0.25, 0.3) is 0 Å². The zero-order valence-corrected chi connectivity index (χ0v) is 18.2. The minimum Gasteiger partial charge on any atom is -0.481 e. The van der Waals surface area contributed by atoms with Crippen molar-refractivity contribution in [2.24, 2.45) is 0 Å². The molecule has 8 heteroatoms. The third-order valence-corrected chi connectivity index (χ3v) is 4.65. The molecule has 30 heavy (non-hydrogen) atoms. The van der Waals surface area contributed by atoms with Crippen molar-refractivity contribution in [1.29, 1.82) is 0 Å². The van der Waals surface area contributed by atoms with Crippen LogP contribution >= 0.6 is 15.9 Å². The molecule has 0 aliphatic heterocycles. The number of rotatable bonds is 6.